The van der Waals surface area contributed by atoms with Gasteiger partial charge < -0.3 is 14.2 Å². The minimum Gasteiger partial charge on any atom is -0.465 e. The van der Waals surface area contributed by atoms with Crippen molar-refractivity contribution >= 4 is 5.97 Å². The molecule has 104 valence electrons. The Morgan fingerprint density at radius 1 is 1.53 bits per heavy atom. The van der Waals surface area contributed by atoms with Gasteiger partial charge >= 0.3 is 5.97 Å². The minimum absolute atomic E-state index is 0.0591. The smallest absolute Gasteiger partial charge is 0.343 e. The highest BCUT2D eigenvalue weighted by atomic mass is 19.1. The second-order valence-electron chi connectivity index (χ2n) is 4.76. The number of esters is 1. The van der Waals surface area contributed by atoms with Crippen LogP contribution in [0.25, 0.3) is 0 Å². The van der Waals surface area contributed by atoms with Crippen molar-refractivity contribution in [2.45, 2.75) is 18.6 Å². The predicted molar refractivity (Wildman–Crippen MR) is 68.1 cm³/mol. The molecule has 5 nitrogen and oxygen atoms in total. The lowest BCUT2D eigenvalue weighted by Gasteiger charge is -2.33. The van der Waals surface area contributed by atoms with Crippen LogP contribution in [0, 0.1) is 0 Å². The monoisotopic (exact) mass is 268 g/mol. The van der Waals surface area contributed by atoms with Crippen LogP contribution in [0.15, 0.2) is 23.1 Å². The first-order valence-corrected chi connectivity index (χ1v) is 6.16. The molecule has 2 rings (SSSR count). The fourth-order valence-electron chi connectivity index (χ4n) is 2.39. The van der Waals surface area contributed by atoms with Gasteiger partial charge in [0.05, 0.1) is 13.2 Å². The largest absolute Gasteiger partial charge is 0.465 e. The van der Waals surface area contributed by atoms with Gasteiger partial charge in [-0.15, -0.1) is 0 Å². The van der Waals surface area contributed by atoms with E-state index in [4.69, 9.17) is 0 Å². The quantitative estimate of drug-likeness (QED) is 0.746. The molecule has 0 aliphatic carbocycles. The summed E-state index contributed by atoms with van der Waals surface area (Å²) in [6, 6.07) is 2.44. The summed E-state index contributed by atoms with van der Waals surface area (Å²) in [5.41, 5.74) is -0.553. The van der Waals surface area contributed by atoms with E-state index in [1.165, 1.54) is 23.9 Å². The molecular formula is C13H17FN2O3. The molecule has 1 aromatic heterocycles. The van der Waals surface area contributed by atoms with Crippen LogP contribution in [0.3, 0.4) is 0 Å². The third kappa shape index (κ3) is 2.68. The van der Waals surface area contributed by atoms with Crippen molar-refractivity contribution in [1.29, 1.82) is 0 Å². The van der Waals surface area contributed by atoms with E-state index in [1.54, 1.807) is 6.07 Å². The molecule has 0 amide bonds. The Hall–Kier alpha value is -1.69. The van der Waals surface area contributed by atoms with Crippen molar-refractivity contribution in [3.63, 3.8) is 0 Å². The van der Waals surface area contributed by atoms with Crippen molar-refractivity contribution in [2.24, 2.45) is 0 Å². The average molecular weight is 268 g/mol. The van der Waals surface area contributed by atoms with Crippen LogP contribution in [0.2, 0.25) is 0 Å². The number of halogens is 1. The van der Waals surface area contributed by atoms with Gasteiger partial charge in [-0.1, -0.05) is 0 Å². The van der Waals surface area contributed by atoms with Gasteiger partial charge in [-0.25, -0.2) is 9.18 Å². The molecule has 2 heterocycles. The lowest BCUT2D eigenvalue weighted by Crippen LogP contribution is -2.43. The van der Waals surface area contributed by atoms with E-state index in [0.29, 0.717) is 13.0 Å². The van der Waals surface area contributed by atoms with Gasteiger partial charge in [0.15, 0.2) is 0 Å². The van der Waals surface area contributed by atoms with E-state index in [-0.39, 0.29) is 5.56 Å². The number of pyridine rings is 1. The number of alkyl halides is 1. The van der Waals surface area contributed by atoms with Gasteiger partial charge in [-0.05, 0) is 25.6 Å². The van der Waals surface area contributed by atoms with E-state index < -0.39 is 23.7 Å². The molecule has 1 saturated heterocycles. The van der Waals surface area contributed by atoms with Gasteiger partial charge in [0.1, 0.15) is 11.7 Å². The molecule has 0 spiro atoms. The summed E-state index contributed by atoms with van der Waals surface area (Å²) in [6.07, 6.45) is 0.948. The van der Waals surface area contributed by atoms with Crippen LogP contribution in [0.4, 0.5) is 4.39 Å². The van der Waals surface area contributed by atoms with Gasteiger partial charge in [0, 0.05) is 19.3 Å². The first kappa shape index (κ1) is 13.7. The molecule has 1 aromatic rings. The van der Waals surface area contributed by atoms with Crippen LogP contribution >= 0.6 is 0 Å². The molecule has 0 bridgehead atoms. The van der Waals surface area contributed by atoms with Crippen molar-refractivity contribution in [3.8, 4) is 0 Å². The second-order valence-corrected chi connectivity index (χ2v) is 4.76. The van der Waals surface area contributed by atoms with E-state index in [0.717, 1.165) is 6.54 Å². The third-order valence-electron chi connectivity index (χ3n) is 3.45. The molecule has 2 atom stereocenters. The van der Waals surface area contributed by atoms with E-state index in [1.807, 2.05) is 11.9 Å². The van der Waals surface area contributed by atoms with E-state index in [2.05, 4.69) is 4.74 Å². The van der Waals surface area contributed by atoms with Crippen molar-refractivity contribution in [3.05, 3.63) is 34.2 Å². The van der Waals surface area contributed by atoms with E-state index >= 15 is 0 Å². The molecule has 1 aliphatic heterocycles. The average Bonchev–Trinajstić information content (AvgIpc) is 2.39. The molecule has 19 heavy (non-hydrogen) atoms. The Balaban J connectivity index is 2.35. The van der Waals surface area contributed by atoms with Gasteiger partial charge in [-0.3, -0.25) is 4.79 Å². The van der Waals surface area contributed by atoms with Crippen LogP contribution in [0.1, 0.15) is 22.8 Å². The first-order chi connectivity index (χ1) is 9.04. The topological polar surface area (TPSA) is 51.5 Å². The van der Waals surface area contributed by atoms with Crippen LogP contribution in [0.5, 0.6) is 0 Å². The Morgan fingerprint density at radius 3 is 2.89 bits per heavy atom. The summed E-state index contributed by atoms with van der Waals surface area (Å²) in [4.78, 5) is 25.5. The molecule has 0 N–H and O–H groups in total. The number of carbonyl (C=O) groups is 1. The maximum Gasteiger partial charge on any atom is 0.343 e. The molecule has 0 radical (unpaired) electrons. The fourth-order valence-corrected chi connectivity index (χ4v) is 2.39. The Labute approximate surface area is 110 Å². The number of methoxy groups -OCH3 is 1. The molecular weight excluding hydrogens is 251 g/mol. The number of nitrogens with zero attached hydrogens (tertiary/aromatic N) is 2. The van der Waals surface area contributed by atoms with Gasteiger partial charge in [-0.2, -0.15) is 0 Å². The molecule has 0 saturated carbocycles. The molecule has 1 unspecified atom stereocenters. The number of ether oxygens (including phenoxy) is 1. The van der Waals surface area contributed by atoms with Crippen molar-refractivity contribution < 1.29 is 13.9 Å². The zero-order valence-electron chi connectivity index (χ0n) is 11.0. The molecule has 6 heteroatoms. The number of hydrogen-bond donors (Lipinski definition) is 0. The number of rotatable bonds is 2. The van der Waals surface area contributed by atoms with Gasteiger partial charge in [0.2, 0.25) is 0 Å². The summed E-state index contributed by atoms with van der Waals surface area (Å²) >= 11 is 0. The number of aromatic nitrogens is 1. The zero-order valence-corrected chi connectivity index (χ0v) is 11.0. The number of carbonyl (C=O) groups excluding carboxylic acids is 1. The summed E-state index contributed by atoms with van der Waals surface area (Å²) in [7, 11) is 3.06. The molecule has 1 fully saturated rings. The Morgan fingerprint density at radius 2 is 2.26 bits per heavy atom. The van der Waals surface area contributed by atoms with E-state index in [9.17, 15) is 14.0 Å². The third-order valence-corrected chi connectivity index (χ3v) is 3.45. The van der Waals surface area contributed by atoms with Crippen LogP contribution < -0.4 is 5.56 Å². The predicted octanol–water partition coefficient (Wildman–Crippen LogP) is 0.850. The van der Waals surface area contributed by atoms with Crippen molar-refractivity contribution in [2.75, 3.05) is 27.2 Å². The Bertz CT molecular complexity index is 529. The molecule has 0 aromatic carbocycles. The number of hydrogen-bond acceptors (Lipinski definition) is 4. The summed E-state index contributed by atoms with van der Waals surface area (Å²) in [5.74, 6) is -0.692. The lowest BCUT2D eigenvalue weighted by atomic mass is 10.0. The summed E-state index contributed by atoms with van der Waals surface area (Å²) in [6.45, 7) is 1.01. The summed E-state index contributed by atoms with van der Waals surface area (Å²) < 4.78 is 19.9. The highest BCUT2D eigenvalue weighted by Gasteiger charge is 2.30. The fraction of sp³-hybridized carbons (Fsp3) is 0.538. The zero-order chi connectivity index (χ0) is 14.0. The number of piperidine rings is 1. The highest BCUT2D eigenvalue weighted by molar-refractivity contribution is 5.88. The SMILES string of the molecule is COC(=O)c1cccn(C2CCN(C)C[C@H]2F)c1=O. The van der Waals surface area contributed by atoms with Crippen LogP contribution in [-0.2, 0) is 4.74 Å². The Kier molecular flexibility index (Phi) is 3.99. The molecule has 1 aliphatic rings. The number of likely N-dealkylation sites (tertiary alicyclic amines) is 1. The highest BCUT2D eigenvalue weighted by Crippen LogP contribution is 2.23. The second kappa shape index (κ2) is 5.52. The summed E-state index contributed by atoms with van der Waals surface area (Å²) in [5, 5.41) is 0. The van der Waals surface area contributed by atoms with Gasteiger partial charge in [0.25, 0.3) is 5.56 Å². The van der Waals surface area contributed by atoms with Crippen LogP contribution in [-0.4, -0.2) is 48.9 Å². The first-order valence-electron chi connectivity index (χ1n) is 6.16. The van der Waals surface area contributed by atoms with Crippen molar-refractivity contribution in [1.82, 2.24) is 9.47 Å². The normalized spacial score (nSPS) is 24.2. The maximum atomic E-state index is 14.1. The maximum absolute atomic E-state index is 14.1. The lowest BCUT2D eigenvalue weighted by molar-refractivity contribution is 0.0595. The standard InChI is InChI=1S/C13H17FN2O3/c1-15-7-5-11(10(14)8-15)16-6-3-4-9(12(16)17)13(18)19-2/h3-4,6,10-11H,5,7-8H2,1-2H3/t10-,11?/m1/s1. The minimum atomic E-state index is -1.12.